The second kappa shape index (κ2) is 7.33. The van der Waals surface area contributed by atoms with Crippen molar-refractivity contribution in [3.05, 3.63) is 52.6 Å². The number of benzene rings is 2. The monoisotopic (exact) mass is 398 g/mol. The molecule has 0 atom stereocenters. The molecule has 9 heteroatoms. The second-order valence-corrected chi connectivity index (χ2v) is 7.37. The number of nitrogens with one attached hydrogen (secondary N) is 1. The first-order valence-corrected chi connectivity index (χ1v) is 8.27. The number of halogens is 3. The van der Waals surface area contributed by atoms with Gasteiger partial charge in [-0.2, -0.15) is 13.2 Å². The summed E-state index contributed by atoms with van der Waals surface area (Å²) in [6.45, 7) is 7.05. The topological polar surface area (TPSA) is 93.0 Å². The van der Waals surface area contributed by atoms with Crippen LogP contribution >= 0.6 is 0 Å². The van der Waals surface area contributed by atoms with Gasteiger partial charge in [0.1, 0.15) is 5.75 Å². The normalized spacial score (nSPS) is 12.0. The van der Waals surface area contributed by atoms with Gasteiger partial charge in [0.05, 0.1) is 22.5 Å². The minimum Gasteiger partial charge on any atom is -0.507 e. The van der Waals surface area contributed by atoms with Crippen LogP contribution in [-0.4, -0.2) is 21.4 Å². The van der Waals surface area contributed by atoms with Gasteiger partial charge in [-0.05, 0) is 36.1 Å². The number of amides is 1. The summed E-state index contributed by atoms with van der Waals surface area (Å²) in [6.07, 6.45) is -4.86. The number of alkyl halides is 3. The van der Waals surface area contributed by atoms with Crippen molar-refractivity contribution in [1.29, 1.82) is 0 Å². The van der Waals surface area contributed by atoms with Crippen LogP contribution in [-0.2, 0) is 11.6 Å². The van der Waals surface area contributed by atoms with Crippen molar-refractivity contribution in [3.63, 3.8) is 0 Å². The maximum atomic E-state index is 13.3. The SMILES string of the molecule is Cc1ccc(C(C)(C)C)c(O)c1C(=O)Nc1ccc(N(O)O)cc1C(F)(F)F. The molecule has 0 fully saturated rings. The Labute approximate surface area is 159 Å². The molecule has 0 aromatic heterocycles. The quantitative estimate of drug-likeness (QED) is 0.555. The van der Waals surface area contributed by atoms with E-state index < -0.39 is 39.7 Å². The van der Waals surface area contributed by atoms with E-state index in [0.717, 1.165) is 12.1 Å². The minimum atomic E-state index is -4.86. The maximum Gasteiger partial charge on any atom is 0.418 e. The highest BCUT2D eigenvalue weighted by Crippen LogP contribution is 2.39. The minimum absolute atomic E-state index is 0.129. The Morgan fingerprint density at radius 1 is 1.04 bits per heavy atom. The van der Waals surface area contributed by atoms with E-state index in [1.54, 1.807) is 19.1 Å². The third kappa shape index (κ3) is 4.37. The summed E-state index contributed by atoms with van der Waals surface area (Å²) in [6, 6.07) is 5.64. The highest BCUT2D eigenvalue weighted by Gasteiger charge is 2.35. The molecule has 2 aromatic carbocycles. The van der Waals surface area contributed by atoms with Crippen molar-refractivity contribution in [3.8, 4) is 5.75 Å². The van der Waals surface area contributed by atoms with Crippen LogP contribution in [0.4, 0.5) is 24.5 Å². The van der Waals surface area contributed by atoms with Gasteiger partial charge in [0.15, 0.2) is 0 Å². The lowest BCUT2D eigenvalue weighted by atomic mass is 9.84. The molecule has 0 saturated heterocycles. The summed E-state index contributed by atoms with van der Waals surface area (Å²) in [4.78, 5) is 12.7. The highest BCUT2D eigenvalue weighted by atomic mass is 19.4. The summed E-state index contributed by atoms with van der Waals surface area (Å²) < 4.78 is 40.0. The molecule has 0 unspecified atom stereocenters. The molecule has 0 aliphatic heterocycles. The first-order valence-electron chi connectivity index (χ1n) is 8.27. The summed E-state index contributed by atoms with van der Waals surface area (Å²) in [5, 5.41) is 30.1. The summed E-state index contributed by atoms with van der Waals surface area (Å²) in [7, 11) is 0. The summed E-state index contributed by atoms with van der Waals surface area (Å²) in [5.41, 5.74) is -2.12. The molecule has 1 amide bonds. The third-order valence-electron chi connectivity index (χ3n) is 4.21. The lowest BCUT2D eigenvalue weighted by Crippen LogP contribution is -2.20. The molecular formula is C19H21F3N2O4. The number of hydrogen-bond acceptors (Lipinski definition) is 5. The molecule has 6 nitrogen and oxygen atoms in total. The van der Waals surface area contributed by atoms with E-state index >= 15 is 0 Å². The number of hydrogen-bond donors (Lipinski definition) is 4. The Balaban J connectivity index is 2.52. The Kier molecular flexibility index (Phi) is 5.63. The van der Waals surface area contributed by atoms with Gasteiger partial charge in [0, 0.05) is 5.56 Å². The van der Waals surface area contributed by atoms with E-state index in [1.165, 1.54) is 0 Å². The molecule has 28 heavy (non-hydrogen) atoms. The van der Waals surface area contributed by atoms with Gasteiger partial charge in [-0.3, -0.25) is 15.2 Å². The van der Waals surface area contributed by atoms with Crippen LogP contribution in [0.15, 0.2) is 30.3 Å². The average molecular weight is 398 g/mol. The number of aryl methyl sites for hydroxylation is 1. The molecule has 0 saturated carbocycles. The fourth-order valence-corrected chi connectivity index (χ4v) is 2.77. The van der Waals surface area contributed by atoms with Gasteiger partial charge in [0.2, 0.25) is 0 Å². The number of aromatic hydroxyl groups is 1. The first kappa shape index (κ1) is 21.5. The lowest BCUT2D eigenvalue weighted by molar-refractivity contribution is -0.136. The molecular weight excluding hydrogens is 377 g/mol. The standard InChI is InChI=1S/C19H21F3N2O4/c1-10-5-7-12(18(2,3)4)16(25)15(10)17(26)23-14-8-6-11(24(27)28)9-13(14)19(20,21)22/h5-9,25,27-28H,1-4H3,(H,23,26). The van der Waals surface area contributed by atoms with Gasteiger partial charge < -0.3 is 10.4 Å². The Morgan fingerprint density at radius 2 is 1.64 bits per heavy atom. The molecule has 4 N–H and O–H groups in total. The first-order chi connectivity index (χ1) is 12.7. The van der Waals surface area contributed by atoms with E-state index in [2.05, 4.69) is 5.32 Å². The highest BCUT2D eigenvalue weighted by molar-refractivity contribution is 6.08. The zero-order chi connectivity index (χ0) is 21.4. The molecule has 2 rings (SSSR count). The van der Waals surface area contributed by atoms with Crippen molar-refractivity contribution in [1.82, 2.24) is 0 Å². The predicted molar refractivity (Wildman–Crippen MR) is 97.0 cm³/mol. The van der Waals surface area contributed by atoms with Crippen LogP contribution in [0.2, 0.25) is 0 Å². The van der Waals surface area contributed by atoms with Gasteiger partial charge in [-0.15, -0.1) is 5.23 Å². The second-order valence-electron chi connectivity index (χ2n) is 7.37. The van der Waals surface area contributed by atoms with Crippen LogP contribution in [0.25, 0.3) is 0 Å². The van der Waals surface area contributed by atoms with Gasteiger partial charge in [-0.25, -0.2) is 0 Å². The van der Waals surface area contributed by atoms with Crippen LogP contribution in [0, 0.1) is 6.92 Å². The van der Waals surface area contributed by atoms with Crippen LogP contribution in [0.3, 0.4) is 0 Å². The fraction of sp³-hybridized carbons (Fsp3) is 0.316. The molecule has 0 radical (unpaired) electrons. The average Bonchev–Trinajstić information content (AvgIpc) is 2.52. The fourth-order valence-electron chi connectivity index (χ4n) is 2.77. The van der Waals surface area contributed by atoms with E-state index in [1.807, 2.05) is 20.8 Å². The summed E-state index contributed by atoms with van der Waals surface area (Å²) >= 11 is 0. The van der Waals surface area contributed by atoms with E-state index in [0.29, 0.717) is 17.2 Å². The van der Waals surface area contributed by atoms with Crippen LogP contribution in [0.5, 0.6) is 5.75 Å². The summed E-state index contributed by atoms with van der Waals surface area (Å²) in [5.74, 6) is -1.21. The molecule has 0 spiro atoms. The zero-order valence-electron chi connectivity index (χ0n) is 15.7. The molecule has 152 valence electrons. The van der Waals surface area contributed by atoms with Crippen molar-refractivity contribution in [2.75, 3.05) is 10.5 Å². The number of rotatable bonds is 3. The number of phenolic OH excluding ortho intramolecular Hbond substituents is 1. The van der Waals surface area contributed by atoms with Crippen molar-refractivity contribution < 1.29 is 33.5 Å². The smallest absolute Gasteiger partial charge is 0.418 e. The largest absolute Gasteiger partial charge is 0.507 e. The third-order valence-corrected chi connectivity index (χ3v) is 4.21. The van der Waals surface area contributed by atoms with E-state index in [4.69, 9.17) is 10.4 Å². The van der Waals surface area contributed by atoms with Crippen molar-refractivity contribution >= 4 is 17.3 Å². The van der Waals surface area contributed by atoms with Crippen molar-refractivity contribution in [2.24, 2.45) is 0 Å². The number of carbonyl (C=O) groups is 1. The Bertz CT molecular complexity index is 903. The zero-order valence-corrected chi connectivity index (χ0v) is 15.7. The predicted octanol–water partition coefficient (Wildman–Crippen LogP) is 4.85. The Hall–Kier alpha value is -2.78. The molecule has 0 aliphatic carbocycles. The van der Waals surface area contributed by atoms with Crippen LogP contribution < -0.4 is 10.5 Å². The van der Waals surface area contributed by atoms with Crippen molar-refractivity contribution in [2.45, 2.75) is 39.3 Å². The number of nitrogens with zero attached hydrogens (tertiary/aromatic N) is 1. The van der Waals surface area contributed by atoms with Gasteiger partial charge >= 0.3 is 6.18 Å². The molecule has 0 aliphatic rings. The maximum absolute atomic E-state index is 13.3. The number of phenols is 1. The number of anilines is 2. The molecule has 0 heterocycles. The Morgan fingerprint density at radius 3 is 2.14 bits per heavy atom. The molecule has 2 aromatic rings. The van der Waals surface area contributed by atoms with Crippen LogP contribution in [0.1, 0.15) is 47.8 Å². The lowest BCUT2D eigenvalue weighted by Gasteiger charge is -2.23. The van der Waals surface area contributed by atoms with E-state index in [9.17, 15) is 23.1 Å². The van der Waals surface area contributed by atoms with Gasteiger partial charge in [0.25, 0.3) is 5.91 Å². The molecule has 0 bridgehead atoms. The van der Waals surface area contributed by atoms with E-state index in [-0.39, 0.29) is 11.3 Å². The number of carbonyl (C=O) groups excluding carboxylic acids is 1. The van der Waals surface area contributed by atoms with Gasteiger partial charge in [-0.1, -0.05) is 32.9 Å².